The lowest BCUT2D eigenvalue weighted by Gasteiger charge is -2.36. The molecule has 1 aliphatic rings. The first kappa shape index (κ1) is 24.4. The number of nitriles is 1. The van der Waals surface area contributed by atoms with Crippen LogP contribution in [0.25, 0.3) is 0 Å². The molecule has 0 radical (unpaired) electrons. The zero-order valence-corrected chi connectivity index (χ0v) is 18.1. The maximum absolute atomic E-state index is 12.8. The highest BCUT2D eigenvalue weighted by atomic mass is 16.4. The topological polar surface area (TPSA) is 126 Å². The summed E-state index contributed by atoms with van der Waals surface area (Å²) in [5, 5.41) is 34.0. The number of carbonyl (C=O) groups excluding carboxylic acids is 2. The summed E-state index contributed by atoms with van der Waals surface area (Å²) in [5.74, 6) is -1.10. The smallest absolute Gasteiger partial charge is 0.426 e. The lowest BCUT2D eigenvalue weighted by molar-refractivity contribution is -0.130. The van der Waals surface area contributed by atoms with E-state index in [0.29, 0.717) is 6.54 Å². The number of piperidine rings is 1. The van der Waals surface area contributed by atoms with Crippen LogP contribution in [0.15, 0.2) is 42.0 Å². The average molecular weight is 426 g/mol. The van der Waals surface area contributed by atoms with E-state index in [9.17, 15) is 24.9 Å². The molecule has 0 spiro atoms. The van der Waals surface area contributed by atoms with Crippen LogP contribution in [-0.4, -0.2) is 59.1 Å². The first-order valence-electron chi connectivity index (χ1n) is 10.7. The highest BCUT2D eigenvalue weighted by molar-refractivity contribution is 6.43. The number of allylic oxidation sites excluding steroid dienone is 1. The van der Waals surface area contributed by atoms with E-state index in [2.05, 4.69) is 10.6 Å². The Bertz CT molecular complexity index is 807. The van der Waals surface area contributed by atoms with Gasteiger partial charge in [0.15, 0.2) is 0 Å². The van der Waals surface area contributed by atoms with Crippen molar-refractivity contribution < 1.29 is 19.6 Å². The van der Waals surface area contributed by atoms with Crippen molar-refractivity contribution in [2.75, 3.05) is 13.1 Å². The van der Waals surface area contributed by atoms with Crippen molar-refractivity contribution in [2.45, 2.75) is 51.5 Å². The minimum Gasteiger partial charge on any atom is -0.426 e. The second-order valence-electron chi connectivity index (χ2n) is 8.15. The number of hydrogen-bond donors (Lipinski definition) is 4. The van der Waals surface area contributed by atoms with Gasteiger partial charge in [-0.3, -0.25) is 4.79 Å². The van der Waals surface area contributed by atoms with Gasteiger partial charge in [0.05, 0.1) is 5.94 Å². The van der Waals surface area contributed by atoms with Gasteiger partial charge >= 0.3 is 13.1 Å². The van der Waals surface area contributed by atoms with Crippen molar-refractivity contribution >= 4 is 19.1 Å². The van der Waals surface area contributed by atoms with E-state index in [1.54, 1.807) is 11.0 Å². The van der Waals surface area contributed by atoms with Crippen LogP contribution in [-0.2, 0) is 11.2 Å². The molecule has 0 saturated carbocycles. The molecule has 9 heteroatoms. The van der Waals surface area contributed by atoms with Crippen LogP contribution in [0.2, 0.25) is 0 Å². The number of nitrogens with zero attached hydrogens (tertiary/aromatic N) is 2. The van der Waals surface area contributed by atoms with Crippen molar-refractivity contribution in [2.24, 2.45) is 5.92 Å². The third-order valence-electron chi connectivity index (χ3n) is 5.21. The summed E-state index contributed by atoms with van der Waals surface area (Å²) in [6.45, 7) is 4.57. The minimum atomic E-state index is -1.71. The number of nitrogens with one attached hydrogen (secondary N) is 2. The fourth-order valence-corrected chi connectivity index (χ4v) is 3.65. The third kappa shape index (κ3) is 7.74. The predicted octanol–water partition coefficient (Wildman–Crippen LogP) is 1.40. The monoisotopic (exact) mass is 426 g/mol. The largest absolute Gasteiger partial charge is 0.475 e. The van der Waals surface area contributed by atoms with Gasteiger partial charge in [-0.15, -0.1) is 0 Å². The lowest BCUT2D eigenvalue weighted by atomic mass is 9.76. The zero-order chi connectivity index (χ0) is 22.8. The Morgan fingerprint density at radius 2 is 2.00 bits per heavy atom. The molecular formula is C22H31BN4O4. The maximum atomic E-state index is 12.8. The summed E-state index contributed by atoms with van der Waals surface area (Å²) >= 11 is 0. The molecule has 1 heterocycles. The highest BCUT2D eigenvalue weighted by Crippen LogP contribution is 2.19. The number of likely N-dealkylation sites (tertiary alicyclic amines) is 1. The van der Waals surface area contributed by atoms with E-state index in [0.717, 1.165) is 24.8 Å². The van der Waals surface area contributed by atoms with Crippen LogP contribution in [0.3, 0.4) is 0 Å². The molecule has 0 aromatic heterocycles. The van der Waals surface area contributed by atoms with Gasteiger partial charge in [-0.1, -0.05) is 50.3 Å². The standard InChI is InChI=1S/C22H31BN4O4/c1-16(2)12-18(14-24)21(28)27-11-7-6-10-19(27)15-25-22(29)26-20(23(30)31)13-17-8-4-3-5-9-17/h3-5,8-9,12,16,19-20,30-31H,6-7,10-11,13,15H2,1-2H3,(H2,25,26,29)/t19-,20-/m0/s1. The molecule has 8 nitrogen and oxygen atoms in total. The van der Waals surface area contributed by atoms with Gasteiger partial charge in [0.1, 0.15) is 11.6 Å². The fraction of sp³-hybridized carbons (Fsp3) is 0.500. The second-order valence-corrected chi connectivity index (χ2v) is 8.15. The number of benzene rings is 1. The van der Waals surface area contributed by atoms with Crippen LogP contribution in [0.5, 0.6) is 0 Å². The summed E-state index contributed by atoms with van der Waals surface area (Å²) in [6.07, 6.45) is 4.43. The molecule has 0 bridgehead atoms. The van der Waals surface area contributed by atoms with E-state index in [-0.39, 0.29) is 36.4 Å². The zero-order valence-electron chi connectivity index (χ0n) is 18.1. The molecule has 3 amide bonds. The Hall–Kier alpha value is -2.83. The van der Waals surface area contributed by atoms with Gasteiger partial charge in [0.2, 0.25) is 0 Å². The molecule has 1 aliphatic heterocycles. The second kappa shape index (κ2) is 12.1. The molecule has 1 saturated heterocycles. The Morgan fingerprint density at radius 1 is 1.29 bits per heavy atom. The first-order valence-corrected chi connectivity index (χ1v) is 10.7. The number of hydrogen-bond acceptors (Lipinski definition) is 5. The number of carbonyl (C=O) groups is 2. The van der Waals surface area contributed by atoms with Crippen LogP contribution < -0.4 is 10.6 Å². The van der Waals surface area contributed by atoms with E-state index in [1.807, 2.05) is 50.2 Å². The molecule has 2 atom stereocenters. The van der Waals surface area contributed by atoms with Gasteiger partial charge < -0.3 is 25.6 Å². The summed E-state index contributed by atoms with van der Waals surface area (Å²) in [6, 6.07) is 10.5. The van der Waals surface area contributed by atoms with Crippen molar-refractivity contribution in [3.8, 4) is 6.07 Å². The third-order valence-corrected chi connectivity index (χ3v) is 5.21. The molecule has 31 heavy (non-hydrogen) atoms. The van der Waals surface area contributed by atoms with Crippen LogP contribution >= 0.6 is 0 Å². The van der Waals surface area contributed by atoms with E-state index in [1.165, 1.54) is 0 Å². The molecule has 1 aromatic carbocycles. The summed E-state index contributed by atoms with van der Waals surface area (Å²) in [5.41, 5.74) is 0.989. The van der Waals surface area contributed by atoms with Gasteiger partial charge in [-0.05, 0) is 37.2 Å². The van der Waals surface area contributed by atoms with Gasteiger partial charge in [-0.25, -0.2) is 4.79 Å². The Labute approximate surface area is 184 Å². The molecule has 2 rings (SSSR count). The molecule has 1 fully saturated rings. The quantitative estimate of drug-likeness (QED) is 0.284. The van der Waals surface area contributed by atoms with E-state index < -0.39 is 19.1 Å². The minimum absolute atomic E-state index is 0.0807. The summed E-state index contributed by atoms with van der Waals surface area (Å²) in [7, 11) is -1.71. The molecular weight excluding hydrogens is 395 g/mol. The van der Waals surface area contributed by atoms with Gasteiger partial charge in [-0.2, -0.15) is 5.26 Å². The van der Waals surface area contributed by atoms with Crippen LogP contribution in [0.4, 0.5) is 4.79 Å². The van der Waals surface area contributed by atoms with E-state index >= 15 is 0 Å². The normalized spacial score (nSPS) is 17.6. The van der Waals surface area contributed by atoms with Crippen molar-refractivity contribution in [1.82, 2.24) is 15.5 Å². The lowest BCUT2D eigenvalue weighted by Crippen LogP contribution is -2.54. The Balaban J connectivity index is 1.96. The number of urea groups is 1. The average Bonchev–Trinajstić information content (AvgIpc) is 2.75. The van der Waals surface area contributed by atoms with Gasteiger partial charge in [0, 0.05) is 19.1 Å². The Morgan fingerprint density at radius 3 is 2.61 bits per heavy atom. The number of rotatable bonds is 8. The predicted molar refractivity (Wildman–Crippen MR) is 119 cm³/mol. The summed E-state index contributed by atoms with van der Waals surface area (Å²) in [4.78, 5) is 26.9. The highest BCUT2D eigenvalue weighted by Gasteiger charge is 2.30. The molecule has 0 aliphatic carbocycles. The fourth-order valence-electron chi connectivity index (χ4n) is 3.65. The molecule has 1 aromatic rings. The van der Waals surface area contributed by atoms with Crippen molar-refractivity contribution in [3.63, 3.8) is 0 Å². The Kier molecular flexibility index (Phi) is 9.57. The van der Waals surface area contributed by atoms with Crippen LogP contribution in [0, 0.1) is 17.2 Å². The number of amides is 3. The van der Waals surface area contributed by atoms with Crippen molar-refractivity contribution in [1.29, 1.82) is 5.26 Å². The van der Waals surface area contributed by atoms with Crippen molar-refractivity contribution in [3.05, 3.63) is 47.5 Å². The first-order chi connectivity index (χ1) is 14.8. The summed E-state index contributed by atoms with van der Waals surface area (Å²) < 4.78 is 0. The SMILES string of the molecule is CC(C)C=C(C#N)C(=O)N1CCCC[C@H]1CNC(=O)N[C@@H](Cc1ccccc1)B(O)O. The maximum Gasteiger partial charge on any atom is 0.475 e. The van der Waals surface area contributed by atoms with E-state index in [4.69, 9.17) is 0 Å². The molecule has 4 N–H and O–H groups in total. The van der Waals surface area contributed by atoms with Crippen LogP contribution in [0.1, 0.15) is 38.7 Å². The van der Waals surface area contributed by atoms with Gasteiger partial charge in [0.25, 0.3) is 5.91 Å². The molecule has 0 unspecified atom stereocenters. The molecule has 166 valence electrons.